The molecule has 0 bridgehead atoms. The number of carbonyl (C=O) groups excluding carboxylic acids is 2. The minimum absolute atomic E-state index is 0.157. The topological polar surface area (TPSA) is 76.0 Å². The highest BCUT2D eigenvalue weighted by atomic mass is 79.9. The van der Waals surface area contributed by atoms with Crippen LogP contribution in [0, 0.1) is 11.8 Å². The van der Waals surface area contributed by atoms with Gasteiger partial charge < -0.3 is 29.2 Å². The summed E-state index contributed by atoms with van der Waals surface area (Å²) in [5.74, 6) is 2.43. The van der Waals surface area contributed by atoms with Crippen LogP contribution < -0.4 is 14.8 Å². The summed E-state index contributed by atoms with van der Waals surface area (Å²) < 4.78 is 13.9. The highest BCUT2D eigenvalue weighted by Crippen LogP contribution is 2.36. The first kappa shape index (κ1) is 29.5. The Balaban J connectivity index is 1.42. The average Bonchev–Trinajstić information content (AvgIpc) is 3.30. The second-order valence-corrected chi connectivity index (χ2v) is 12.9. The van der Waals surface area contributed by atoms with E-state index in [0.717, 1.165) is 47.0 Å². The van der Waals surface area contributed by atoms with Crippen molar-refractivity contribution in [2.45, 2.75) is 52.2 Å². The largest absolute Gasteiger partial charge is 0.497 e. The standard InChI is InChI=1S/C32H41BrN4O4/c1-21-13-22(2)18-35(17-21)12-6-11-34-31(39)32(3)20-36-27-16-26(40-4)9-7-23(27)15-28(36)30(38)37(32)19-24-14-25(33)8-10-29(24)41-5/h7-10,14-16,21-22H,6,11-13,17-20H2,1-5H3,(H,34,39)/t21-,22-,32-/m1/s1. The van der Waals surface area contributed by atoms with Crippen LogP contribution in [0.15, 0.2) is 46.9 Å². The Labute approximate surface area is 251 Å². The van der Waals surface area contributed by atoms with Crippen molar-refractivity contribution in [1.82, 2.24) is 19.7 Å². The lowest BCUT2D eigenvalue weighted by Crippen LogP contribution is -2.63. The van der Waals surface area contributed by atoms with Crippen LogP contribution in [-0.2, 0) is 17.9 Å². The zero-order valence-corrected chi connectivity index (χ0v) is 26.3. The molecule has 8 nitrogen and oxygen atoms in total. The molecule has 5 rings (SSSR count). The number of piperidine rings is 1. The van der Waals surface area contributed by atoms with Gasteiger partial charge in [-0.2, -0.15) is 0 Å². The number of hydrogen-bond acceptors (Lipinski definition) is 5. The number of likely N-dealkylation sites (tertiary alicyclic amines) is 1. The molecule has 3 heterocycles. The number of nitrogens with one attached hydrogen (secondary N) is 1. The van der Waals surface area contributed by atoms with E-state index >= 15 is 0 Å². The van der Waals surface area contributed by atoms with E-state index < -0.39 is 5.54 Å². The molecule has 1 fully saturated rings. The molecule has 0 spiro atoms. The van der Waals surface area contributed by atoms with Crippen LogP contribution >= 0.6 is 15.9 Å². The van der Waals surface area contributed by atoms with Crippen molar-refractivity contribution in [1.29, 1.82) is 0 Å². The molecular weight excluding hydrogens is 584 g/mol. The summed E-state index contributed by atoms with van der Waals surface area (Å²) in [6, 6.07) is 13.4. The molecule has 0 saturated carbocycles. The molecule has 0 unspecified atom stereocenters. The van der Waals surface area contributed by atoms with Crippen LogP contribution in [-0.4, -0.2) is 72.1 Å². The number of benzene rings is 2. The molecule has 41 heavy (non-hydrogen) atoms. The Kier molecular flexibility index (Phi) is 8.66. The van der Waals surface area contributed by atoms with Gasteiger partial charge in [-0.3, -0.25) is 9.59 Å². The van der Waals surface area contributed by atoms with E-state index in [0.29, 0.717) is 42.1 Å². The molecule has 3 aromatic rings. The smallest absolute Gasteiger partial charge is 0.271 e. The van der Waals surface area contributed by atoms with Crippen molar-refractivity contribution in [3.63, 3.8) is 0 Å². The maximum atomic E-state index is 14.2. The van der Waals surface area contributed by atoms with Crippen LogP contribution in [0.5, 0.6) is 11.5 Å². The normalized spacial score (nSPS) is 23.0. The summed E-state index contributed by atoms with van der Waals surface area (Å²) in [6.45, 7) is 10.8. The molecule has 2 aliphatic heterocycles. The van der Waals surface area contributed by atoms with Gasteiger partial charge in [0.15, 0.2) is 0 Å². The van der Waals surface area contributed by atoms with E-state index in [1.807, 2.05) is 54.0 Å². The lowest BCUT2D eigenvalue weighted by Gasteiger charge is -2.44. The van der Waals surface area contributed by atoms with Gasteiger partial charge in [0.25, 0.3) is 5.91 Å². The van der Waals surface area contributed by atoms with Gasteiger partial charge in [-0.1, -0.05) is 29.8 Å². The Bertz CT molecular complexity index is 1430. The number of hydrogen-bond donors (Lipinski definition) is 1. The Morgan fingerprint density at radius 2 is 1.83 bits per heavy atom. The fraction of sp³-hybridized carbons (Fsp3) is 0.500. The molecule has 1 N–H and O–H groups in total. The summed E-state index contributed by atoms with van der Waals surface area (Å²) in [5.41, 5.74) is 1.13. The predicted octanol–water partition coefficient (Wildman–Crippen LogP) is 5.32. The second-order valence-electron chi connectivity index (χ2n) is 12.0. The number of methoxy groups -OCH3 is 2. The molecule has 220 valence electrons. The van der Waals surface area contributed by atoms with Crippen LogP contribution in [0.2, 0.25) is 0 Å². The molecule has 2 amide bonds. The number of amides is 2. The SMILES string of the molecule is COc1ccc2cc3n(c2c1)C[C@](C)(C(=O)NCCCN1C[C@H](C)C[C@@H](C)C1)N(Cc1cc(Br)ccc1OC)C3=O. The first-order valence-electron chi connectivity index (χ1n) is 14.4. The molecule has 1 aromatic heterocycles. The van der Waals surface area contributed by atoms with Crippen molar-refractivity contribution in [2.24, 2.45) is 11.8 Å². The summed E-state index contributed by atoms with van der Waals surface area (Å²) in [6.07, 6.45) is 2.14. The minimum atomic E-state index is -1.12. The quantitative estimate of drug-likeness (QED) is 0.326. The summed E-state index contributed by atoms with van der Waals surface area (Å²) in [4.78, 5) is 32.4. The Morgan fingerprint density at radius 1 is 1.07 bits per heavy atom. The van der Waals surface area contributed by atoms with Gasteiger partial charge in [-0.05, 0) is 74.5 Å². The highest BCUT2D eigenvalue weighted by molar-refractivity contribution is 9.10. The van der Waals surface area contributed by atoms with Gasteiger partial charge in [0.2, 0.25) is 5.91 Å². The summed E-state index contributed by atoms with van der Waals surface area (Å²) >= 11 is 3.55. The summed E-state index contributed by atoms with van der Waals surface area (Å²) in [7, 11) is 3.24. The van der Waals surface area contributed by atoms with Crippen LogP contribution in [0.1, 0.15) is 49.7 Å². The third-order valence-electron chi connectivity index (χ3n) is 8.58. The van der Waals surface area contributed by atoms with E-state index in [2.05, 4.69) is 40.0 Å². The average molecular weight is 626 g/mol. The molecule has 1 saturated heterocycles. The highest BCUT2D eigenvalue weighted by Gasteiger charge is 2.48. The molecule has 0 radical (unpaired) electrons. The first-order chi connectivity index (χ1) is 19.6. The number of ether oxygens (including phenoxy) is 2. The summed E-state index contributed by atoms with van der Waals surface area (Å²) in [5, 5.41) is 4.12. The zero-order chi connectivity index (χ0) is 29.3. The minimum Gasteiger partial charge on any atom is -0.497 e. The van der Waals surface area contributed by atoms with E-state index in [9.17, 15) is 9.59 Å². The van der Waals surface area contributed by atoms with Gasteiger partial charge in [-0.15, -0.1) is 0 Å². The number of fused-ring (bicyclic) bond motifs is 3. The lowest BCUT2D eigenvalue weighted by molar-refractivity contribution is -0.133. The van der Waals surface area contributed by atoms with Crippen molar-refractivity contribution < 1.29 is 19.1 Å². The Hall–Kier alpha value is -3.04. The van der Waals surface area contributed by atoms with E-state index in [4.69, 9.17) is 9.47 Å². The zero-order valence-electron chi connectivity index (χ0n) is 24.7. The van der Waals surface area contributed by atoms with Crippen LogP contribution in [0.3, 0.4) is 0 Å². The third kappa shape index (κ3) is 5.97. The number of carbonyl (C=O) groups is 2. The van der Waals surface area contributed by atoms with Crippen molar-refractivity contribution in [3.8, 4) is 11.5 Å². The van der Waals surface area contributed by atoms with Crippen molar-refractivity contribution in [2.75, 3.05) is 40.4 Å². The second kappa shape index (κ2) is 12.1. The Morgan fingerprint density at radius 3 is 2.54 bits per heavy atom. The fourth-order valence-electron chi connectivity index (χ4n) is 6.62. The molecular formula is C32H41BrN4O4. The van der Waals surface area contributed by atoms with Gasteiger partial charge in [0, 0.05) is 41.1 Å². The number of rotatable bonds is 9. The van der Waals surface area contributed by atoms with E-state index in [1.54, 1.807) is 19.1 Å². The molecule has 2 aromatic carbocycles. The van der Waals surface area contributed by atoms with Crippen molar-refractivity contribution >= 4 is 38.6 Å². The maximum Gasteiger partial charge on any atom is 0.271 e. The first-order valence-corrected chi connectivity index (χ1v) is 15.2. The van der Waals surface area contributed by atoms with Gasteiger partial charge in [0.1, 0.15) is 22.7 Å². The van der Waals surface area contributed by atoms with Gasteiger partial charge in [-0.25, -0.2) is 0 Å². The number of aromatic nitrogens is 1. The predicted molar refractivity (Wildman–Crippen MR) is 164 cm³/mol. The maximum absolute atomic E-state index is 14.2. The van der Waals surface area contributed by atoms with Crippen molar-refractivity contribution in [3.05, 3.63) is 58.2 Å². The van der Waals surface area contributed by atoms with Gasteiger partial charge in [0.05, 0.1) is 32.8 Å². The monoisotopic (exact) mass is 624 g/mol. The molecule has 0 aliphatic carbocycles. The number of halogens is 1. The van der Waals surface area contributed by atoms with E-state index in [-0.39, 0.29) is 18.4 Å². The van der Waals surface area contributed by atoms with E-state index in [1.165, 1.54) is 6.42 Å². The van der Waals surface area contributed by atoms with Crippen LogP contribution in [0.25, 0.3) is 10.9 Å². The lowest BCUT2D eigenvalue weighted by atomic mass is 9.92. The third-order valence-corrected chi connectivity index (χ3v) is 9.07. The molecule has 9 heteroatoms. The molecule has 3 atom stereocenters. The fourth-order valence-corrected chi connectivity index (χ4v) is 7.02. The number of nitrogens with zero attached hydrogens (tertiary/aromatic N) is 3. The van der Waals surface area contributed by atoms with Gasteiger partial charge >= 0.3 is 0 Å². The van der Waals surface area contributed by atoms with Crippen LogP contribution in [0.4, 0.5) is 0 Å². The molecule has 2 aliphatic rings.